The highest BCUT2D eigenvalue weighted by molar-refractivity contribution is 5.92. The molecule has 2 N–H and O–H groups in total. The van der Waals surface area contributed by atoms with Crippen LogP contribution in [0.25, 0.3) is 0 Å². The van der Waals surface area contributed by atoms with Crippen LogP contribution in [0.1, 0.15) is 16.8 Å². The quantitative estimate of drug-likeness (QED) is 0.655. The Hall–Kier alpha value is -2.59. The van der Waals surface area contributed by atoms with Gasteiger partial charge in [0.15, 0.2) is 0 Å². The summed E-state index contributed by atoms with van der Waals surface area (Å²) in [5, 5.41) is 5.12. The fourth-order valence-electron chi connectivity index (χ4n) is 2.29. The number of terminal acetylenes is 1. The summed E-state index contributed by atoms with van der Waals surface area (Å²) >= 11 is 0. The van der Waals surface area contributed by atoms with Crippen LogP contribution in [0.15, 0.2) is 18.2 Å². The minimum absolute atomic E-state index is 0.0594. The van der Waals surface area contributed by atoms with E-state index in [1.807, 2.05) is 0 Å². The molecule has 7 heteroatoms. The molecule has 2 unspecified atom stereocenters. The molecule has 1 aromatic carbocycles. The maximum Gasteiger partial charge on any atom is 0.340 e. The zero-order valence-corrected chi connectivity index (χ0v) is 12.6. The van der Waals surface area contributed by atoms with Crippen molar-refractivity contribution in [3.8, 4) is 12.3 Å². The highest BCUT2D eigenvalue weighted by Gasteiger charge is 2.25. The van der Waals surface area contributed by atoms with Gasteiger partial charge in [-0.1, -0.05) is 5.92 Å². The van der Waals surface area contributed by atoms with Crippen LogP contribution in [0.2, 0.25) is 0 Å². The summed E-state index contributed by atoms with van der Waals surface area (Å²) in [6, 6.07) is 2.66. The number of benzene rings is 1. The van der Waals surface area contributed by atoms with Crippen molar-refractivity contribution in [3.63, 3.8) is 0 Å². The zero-order chi connectivity index (χ0) is 16.8. The lowest BCUT2D eigenvalue weighted by Gasteiger charge is -2.18. The fourth-order valence-corrected chi connectivity index (χ4v) is 2.29. The smallest absolute Gasteiger partial charge is 0.340 e. The summed E-state index contributed by atoms with van der Waals surface area (Å²) in [7, 11) is 1.16. The van der Waals surface area contributed by atoms with E-state index in [-0.39, 0.29) is 17.2 Å². The summed E-state index contributed by atoms with van der Waals surface area (Å²) in [6.45, 7) is 1.12. The molecule has 0 radical (unpaired) electrons. The largest absolute Gasteiger partial charge is 0.465 e. The Morgan fingerprint density at radius 1 is 1.52 bits per heavy atom. The summed E-state index contributed by atoms with van der Waals surface area (Å²) in [6.07, 6.45) is 6.20. The standard InChI is InChI=1S/C16H17FN2O4/c1-3-14(10-6-7-23-9-10)19-16(21)18-11-4-5-12(13(17)8-11)15(20)22-2/h1,4-5,8,10,14H,6-7,9H2,2H3,(H2,18,19,21). The van der Waals surface area contributed by atoms with Crippen LogP contribution in [0.3, 0.4) is 0 Å². The third-order valence-electron chi connectivity index (χ3n) is 3.53. The van der Waals surface area contributed by atoms with Gasteiger partial charge in [-0.3, -0.25) is 0 Å². The van der Waals surface area contributed by atoms with E-state index < -0.39 is 23.9 Å². The summed E-state index contributed by atoms with van der Waals surface area (Å²) in [5.41, 5.74) is -0.00541. The first-order chi connectivity index (χ1) is 11.0. The van der Waals surface area contributed by atoms with E-state index in [4.69, 9.17) is 11.2 Å². The van der Waals surface area contributed by atoms with Gasteiger partial charge in [-0.15, -0.1) is 6.42 Å². The predicted octanol–water partition coefficient (Wildman–Crippen LogP) is 1.77. The van der Waals surface area contributed by atoms with Crippen LogP contribution in [-0.4, -0.2) is 38.4 Å². The summed E-state index contributed by atoms with van der Waals surface area (Å²) in [5.74, 6) is 1.01. The average Bonchev–Trinajstić information content (AvgIpc) is 3.06. The molecule has 0 aromatic heterocycles. The molecule has 1 saturated heterocycles. The minimum atomic E-state index is -0.785. The average molecular weight is 320 g/mol. The molecule has 2 atom stereocenters. The maximum atomic E-state index is 13.8. The highest BCUT2D eigenvalue weighted by Crippen LogP contribution is 2.18. The second kappa shape index (κ2) is 7.61. The van der Waals surface area contributed by atoms with Crippen LogP contribution in [0.4, 0.5) is 14.9 Å². The van der Waals surface area contributed by atoms with Crippen molar-refractivity contribution in [1.29, 1.82) is 0 Å². The number of urea groups is 1. The van der Waals surface area contributed by atoms with E-state index in [0.29, 0.717) is 13.2 Å². The number of amides is 2. The first-order valence-corrected chi connectivity index (χ1v) is 7.04. The first kappa shape index (κ1) is 16.8. The lowest BCUT2D eigenvalue weighted by molar-refractivity contribution is 0.0595. The van der Waals surface area contributed by atoms with Gasteiger partial charge < -0.3 is 20.1 Å². The normalized spacial score (nSPS) is 17.9. The molecule has 1 aliphatic rings. The lowest BCUT2D eigenvalue weighted by atomic mass is 10.00. The Bertz CT molecular complexity index is 635. The molecule has 1 aromatic rings. The van der Waals surface area contributed by atoms with Crippen LogP contribution in [0, 0.1) is 24.1 Å². The molecule has 2 amide bonds. The summed E-state index contributed by atoms with van der Waals surface area (Å²) < 4.78 is 23.5. The van der Waals surface area contributed by atoms with Crippen molar-refractivity contribution in [2.24, 2.45) is 5.92 Å². The Morgan fingerprint density at radius 2 is 2.30 bits per heavy atom. The number of methoxy groups -OCH3 is 1. The van der Waals surface area contributed by atoms with Crippen molar-refractivity contribution >= 4 is 17.7 Å². The molecule has 122 valence electrons. The third kappa shape index (κ3) is 4.20. The number of ether oxygens (including phenoxy) is 2. The van der Waals surface area contributed by atoms with Crippen LogP contribution in [0.5, 0.6) is 0 Å². The van der Waals surface area contributed by atoms with Crippen molar-refractivity contribution in [2.45, 2.75) is 12.5 Å². The van der Waals surface area contributed by atoms with Gasteiger partial charge in [0, 0.05) is 18.2 Å². The molecular formula is C16H17FN2O4. The van der Waals surface area contributed by atoms with E-state index in [0.717, 1.165) is 19.6 Å². The molecule has 0 spiro atoms. The Kier molecular flexibility index (Phi) is 5.55. The number of esters is 1. The van der Waals surface area contributed by atoms with Gasteiger partial charge in [0.2, 0.25) is 0 Å². The molecule has 6 nitrogen and oxygen atoms in total. The number of carbonyl (C=O) groups excluding carboxylic acids is 2. The van der Waals surface area contributed by atoms with Crippen molar-refractivity contribution in [1.82, 2.24) is 5.32 Å². The zero-order valence-electron chi connectivity index (χ0n) is 12.6. The number of anilines is 1. The predicted molar refractivity (Wildman–Crippen MR) is 81.4 cm³/mol. The van der Waals surface area contributed by atoms with E-state index >= 15 is 0 Å². The molecule has 1 aliphatic heterocycles. The maximum absolute atomic E-state index is 13.8. The lowest BCUT2D eigenvalue weighted by Crippen LogP contribution is -2.42. The molecule has 1 fully saturated rings. The van der Waals surface area contributed by atoms with Crippen molar-refractivity contribution < 1.29 is 23.5 Å². The molecule has 0 bridgehead atoms. The van der Waals surface area contributed by atoms with E-state index in [1.54, 1.807) is 0 Å². The Morgan fingerprint density at radius 3 is 2.87 bits per heavy atom. The second-order valence-electron chi connectivity index (χ2n) is 5.05. The minimum Gasteiger partial charge on any atom is -0.465 e. The highest BCUT2D eigenvalue weighted by atomic mass is 19.1. The van der Waals surface area contributed by atoms with Gasteiger partial charge in [-0.25, -0.2) is 14.0 Å². The Balaban J connectivity index is 1.98. The molecule has 1 heterocycles. The van der Waals surface area contributed by atoms with Crippen molar-refractivity contribution in [3.05, 3.63) is 29.6 Å². The van der Waals surface area contributed by atoms with Crippen molar-refractivity contribution in [2.75, 3.05) is 25.6 Å². The Labute approximate surface area is 133 Å². The fraction of sp³-hybridized carbons (Fsp3) is 0.375. The van der Waals surface area contributed by atoms with Gasteiger partial charge in [-0.2, -0.15) is 0 Å². The van der Waals surface area contributed by atoms with Gasteiger partial charge in [-0.05, 0) is 24.6 Å². The third-order valence-corrected chi connectivity index (χ3v) is 3.53. The summed E-state index contributed by atoms with van der Waals surface area (Å²) in [4.78, 5) is 23.3. The molecular weight excluding hydrogens is 303 g/mol. The first-order valence-electron chi connectivity index (χ1n) is 7.04. The van der Waals surface area contributed by atoms with Crippen LogP contribution in [-0.2, 0) is 9.47 Å². The molecule has 0 saturated carbocycles. The molecule has 23 heavy (non-hydrogen) atoms. The number of carbonyl (C=O) groups is 2. The van der Waals surface area contributed by atoms with Crippen LogP contribution >= 0.6 is 0 Å². The second-order valence-corrected chi connectivity index (χ2v) is 5.05. The van der Waals surface area contributed by atoms with Gasteiger partial charge in [0.25, 0.3) is 0 Å². The number of hydrogen-bond donors (Lipinski definition) is 2. The molecule has 0 aliphatic carbocycles. The number of rotatable bonds is 4. The number of nitrogens with one attached hydrogen (secondary N) is 2. The molecule has 2 rings (SSSR count). The van der Waals surface area contributed by atoms with Gasteiger partial charge in [0.1, 0.15) is 5.82 Å². The van der Waals surface area contributed by atoms with Gasteiger partial charge >= 0.3 is 12.0 Å². The van der Waals surface area contributed by atoms with Crippen LogP contribution < -0.4 is 10.6 Å². The monoisotopic (exact) mass is 320 g/mol. The number of hydrogen-bond acceptors (Lipinski definition) is 4. The number of halogens is 1. The SMILES string of the molecule is C#CC(NC(=O)Nc1ccc(C(=O)OC)c(F)c1)C1CCOC1. The topological polar surface area (TPSA) is 76.7 Å². The van der Waals surface area contributed by atoms with E-state index in [9.17, 15) is 14.0 Å². The van der Waals surface area contributed by atoms with Gasteiger partial charge in [0.05, 0.1) is 25.3 Å². The van der Waals surface area contributed by atoms with E-state index in [2.05, 4.69) is 21.3 Å². The van der Waals surface area contributed by atoms with E-state index in [1.165, 1.54) is 12.1 Å².